The molecule has 0 aliphatic rings. The van der Waals surface area contributed by atoms with Gasteiger partial charge in [0.05, 0.1) is 6.61 Å². The van der Waals surface area contributed by atoms with Crippen molar-refractivity contribution in [3.8, 4) is 0 Å². The highest BCUT2D eigenvalue weighted by Crippen LogP contribution is 2.43. The first-order valence-electron chi connectivity index (χ1n) is 2.79. The molecule has 56 valence electrons. The maximum atomic E-state index is 5.45. The number of hydrogen-bond donors (Lipinski definition) is 1. The second-order valence-corrected chi connectivity index (χ2v) is 6.74. The van der Waals surface area contributed by atoms with Gasteiger partial charge in [-0.15, -0.1) is 0 Å². The Morgan fingerprint density at radius 3 is 2.67 bits per heavy atom. The number of nitrogens with two attached hydrogens (primary N) is 1. The Morgan fingerprint density at radius 1 is 1.78 bits per heavy atom. The van der Waals surface area contributed by atoms with Gasteiger partial charge in [0.2, 0.25) is 5.77 Å². The van der Waals surface area contributed by atoms with Gasteiger partial charge in [0.25, 0.3) is 0 Å². The molecule has 0 aromatic heterocycles. The van der Waals surface area contributed by atoms with Crippen LogP contribution in [0.25, 0.3) is 0 Å². The van der Waals surface area contributed by atoms with E-state index in [0.29, 0.717) is 6.61 Å². The number of halogens is 1. The molecule has 9 heavy (non-hydrogen) atoms. The molecule has 5 heteroatoms. The molecular formula is C4H11ClNOPS. The van der Waals surface area contributed by atoms with E-state index in [4.69, 9.17) is 21.3 Å². The molecule has 0 amide bonds. The standard InChI is InChI=1S/C4H11ClNOPS/c1-2-3-4-7-8(5,6)9/h2-4H2,1H3,(H2,6,9). The summed E-state index contributed by atoms with van der Waals surface area (Å²) in [6.45, 7) is 2.66. The molecule has 0 bridgehead atoms. The predicted octanol–water partition coefficient (Wildman–Crippen LogP) is 2.23. The smallest absolute Gasteiger partial charge is 0.216 e. The highest BCUT2D eigenvalue weighted by Gasteiger charge is 2.03. The molecule has 0 aromatic rings. The van der Waals surface area contributed by atoms with Gasteiger partial charge < -0.3 is 4.52 Å². The van der Waals surface area contributed by atoms with Crippen LogP contribution in [0.4, 0.5) is 0 Å². The molecule has 0 fully saturated rings. The van der Waals surface area contributed by atoms with Gasteiger partial charge in [-0.2, -0.15) is 0 Å². The van der Waals surface area contributed by atoms with Gasteiger partial charge in [-0.3, -0.25) is 5.50 Å². The van der Waals surface area contributed by atoms with Crippen LogP contribution in [0.2, 0.25) is 0 Å². The lowest BCUT2D eigenvalue weighted by molar-refractivity contribution is 0.347. The van der Waals surface area contributed by atoms with Crippen LogP contribution < -0.4 is 5.50 Å². The number of rotatable bonds is 4. The van der Waals surface area contributed by atoms with E-state index < -0.39 is 5.77 Å². The quantitative estimate of drug-likeness (QED) is 0.542. The van der Waals surface area contributed by atoms with Crippen molar-refractivity contribution in [2.75, 3.05) is 6.61 Å². The highest BCUT2D eigenvalue weighted by atomic mass is 35.7. The first kappa shape index (κ1) is 9.86. The molecule has 2 nitrogen and oxygen atoms in total. The Bertz CT molecular complexity index is 115. The van der Waals surface area contributed by atoms with E-state index >= 15 is 0 Å². The summed E-state index contributed by atoms with van der Waals surface area (Å²) in [4.78, 5) is 0. The summed E-state index contributed by atoms with van der Waals surface area (Å²) >= 11 is 10.1. The van der Waals surface area contributed by atoms with Crippen molar-refractivity contribution in [3.63, 3.8) is 0 Å². The van der Waals surface area contributed by atoms with Gasteiger partial charge in [0, 0.05) is 0 Å². The van der Waals surface area contributed by atoms with Crippen molar-refractivity contribution in [1.82, 2.24) is 0 Å². The minimum absolute atomic E-state index is 0.591. The third kappa shape index (κ3) is 8.86. The molecule has 0 saturated heterocycles. The Kier molecular flexibility index (Phi) is 5.08. The fourth-order valence-corrected chi connectivity index (χ4v) is 1.14. The molecule has 0 radical (unpaired) electrons. The van der Waals surface area contributed by atoms with E-state index in [1.54, 1.807) is 0 Å². The maximum absolute atomic E-state index is 5.45. The molecule has 0 rings (SSSR count). The summed E-state index contributed by atoms with van der Waals surface area (Å²) in [7, 11) is 0. The maximum Gasteiger partial charge on any atom is 0.216 e. The molecule has 0 spiro atoms. The molecule has 0 saturated carbocycles. The third-order valence-corrected chi connectivity index (χ3v) is 1.91. The van der Waals surface area contributed by atoms with Gasteiger partial charge in [-0.05, 0) is 29.5 Å². The van der Waals surface area contributed by atoms with Crippen LogP contribution in [-0.4, -0.2) is 6.61 Å². The Labute approximate surface area is 65.6 Å². The zero-order chi connectivity index (χ0) is 7.33. The Morgan fingerprint density at radius 2 is 2.33 bits per heavy atom. The summed E-state index contributed by atoms with van der Waals surface area (Å²) < 4.78 is 4.94. The van der Waals surface area contributed by atoms with Crippen LogP contribution in [-0.2, 0) is 16.3 Å². The normalized spacial score (nSPS) is 17.2. The van der Waals surface area contributed by atoms with E-state index in [9.17, 15) is 0 Å². The molecule has 0 aliphatic carbocycles. The first-order valence-corrected chi connectivity index (χ1v) is 6.48. The van der Waals surface area contributed by atoms with Crippen LogP contribution in [0.15, 0.2) is 0 Å². The lowest BCUT2D eigenvalue weighted by Gasteiger charge is -2.06. The van der Waals surface area contributed by atoms with Crippen LogP contribution in [0.3, 0.4) is 0 Å². The number of unbranched alkanes of at least 4 members (excludes halogenated alkanes) is 1. The second kappa shape index (κ2) is 4.64. The van der Waals surface area contributed by atoms with Gasteiger partial charge in [0.15, 0.2) is 0 Å². The van der Waals surface area contributed by atoms with E-state index in [2.05, 4.69) is 18.7 Å². The van der Waals surface area contributed by atoms with Crippen molar-refractivity contribution in [2.24, 2.45) is 5.50 Å². The van der Waals surface area contributed by atoms with Crippen molar-refractivity contribution in [3.05, 3.63) is 0 Å². The van der Waals surface area contributed by atoms with Gasteiger partial charge >= 0.3 is 0 Å². The van der Waals surface area contributed by atoms with Gasteiger partial charge in [0.1, 0.15) is 0 Å². The van der Waals surface area contributed by atoms with Crippen molar-refractivity contribution < 1.29 is 4.52 Å². The Hall–Kier alpha value is 0.860. The van der Waals surface area contributed by atoms with Crippen LogP contribution in [0.5, 0.6) is 0 Å². The van der Waals surface area contributed by atoms with Crippen molar-refractivity contribution in [2.45, 2.75) is 19.8 Å². The largest absolute Gasteiger partial charge is 0.327 e. The van der Waals surface area contributed by atoms with Gasteiger partial charge in [-0.1, -0.05) is 13.3 Å². The van der Waals surface area contributed by atoms with E-state index in [-0.39, 0.29) is 0 Å². The summed E-state index contributed by atoms with van der Waals surface area (Å²) in [6, 6.07) is 0. The fourth-order valence-electron chi connectivity index (χ4n) is 0.333. The summed E-state index contributed by atoms with van der Waals surface area (Å²) in [5, 5.41) is 0. The van der Waals surface area contributed by atoms with Crippen LogP contribution in [0, 0.1) is 0 Å². The highest BCUT2D eigenvalue weighted by molar-refractivity contribution is 8.23. The topological polar surface area (TPSA) is 35.2 Å². The predicted molar refractivity (Wildman–Crippen MR) is 45.2 cm³/mol. The summed E-state index contributed by atoms with van der Waals surface area (Å²) in [5.41, 5.74) is 5.25. The monoisotopic (exact) mass is 187 g/mol. The lowest BCUT2D eigenvalue weighted by atomic mass is 10.4. The molecule has 0 heterocycles. The van der Waals surface area contributed by atoms with Crippen molar-refractivity contribution in [1.29, 1.82) is 0 Å². The first-order chi connectivity index (χ1) is 4.06. The SMILES string of the molecule is CCCCOP(N)(=S)Cl. The molecular weight excluding hydrogens is 177 g/mol. The molecule has 0 aromatic carbocycles. The number of hydrogen-bond acceptors (Lipinski definition) is 2. The van der Waals surface area contributed by atoms with E-state index in [1.165, 1.54) is 0 Å². The zero-order valence-corrected chi connectivity index (χ0v) is 7.81. The summed E-state index contributed by atoms with van der Waals surface area (Å²) in [6.07, 6.45) is 2.05. The van der Waals surface area contributed by atoms with E-state index in [0.717, 1.165) is 12.8 Å². The average Bonchev–Trinajstić information content (AvgIpc) is 1.63. The third-order valence-electron chi connectivity index (χ3n) is 0.765. The lowest BCUT2D eigenvalue weighted by Crippen LogP contribution is -1.94. The fraction of sp³-hybridized carbons (Fsp3) is 1.00. The van der Waals surface area contributed by atoms with Crippen LogP contribution >= 0.6 is 17.0 Å². The molecule has 2 N–H and O–H groups in total. The minimum Gasteiger partial charge on any atom is -0.327 e. The Balaban J connectivity index is 3.18. The second-order valence-electron chi connectivity index (χ2n) is 1.71. The van der Waals surface area contributed by atoms with Gasteiger partial charge in [-0.25, -0.2) is 0 Å². The minimum atomic E-state index is -2.39. The molecule has 0 aliphatic heterocycles. The molecule has 1 unspecified atom stereocenters. The van der Waals surface area contributed by atoms with Crippen LogP contribution in [0.1, 0.15) is 19.8 Å². The summed E-state index contributed by atoms with van der Waals surface area (Å²) in [5.74, 6) is -2.39. The van der Waals surface area contributed by atoms with Crippen molar-refractivity contribution >= 4 is 28.8 Å². The zero-order valence-electron chi connectivity index (χ0n) is 5.34. The average molecular weight is 188 g/mol. The molecule has 1 atom stereocenters. The van der Waals surface area contributed by atoms with E-state index in [1.807, 2.05) is 0 Å².